The topological polar surface area (TPSA) is 12.0 Å². The molecule has 2 heteroatoms. The molecule has 1 aliphatic rings. The molecule has 1 nitrogen and oxygen atoms in total. The maximum absolute atomic E-state index is 3.46. The Morgan fingerprint density at radius 1 is 1.44 bits per heavy atom. The van der Waals surface area contributed by atoms with Gasteiger partial charge in [-0.05, 0) is 31.7 Å². The lowest BCUT2D eigenvalue weighted by Gasteiger charge is -2.09. The molecular weight excluding hydrogens is 129 g/mol. The van der Waals surface area contributed by atoms with Crippen LogP contribution in [0, 0.1) is 0 Å². The van der Waals surface area contributed by atoms with E-state index in [0.29, 0.717) is 0 Å². The summed E-state index contributed by atoms with van der Waals surface area (Å²) in [5, 5.41) is 3.46. The van der Waals surface area contributed by atoms with Crippen molar-refractivity contribution in [2.45, 2.75) is 24.9 Å². The van der Waals surface area contributed by atoms with Crippen molar-refractivity contribution >= 4 is 8.58 Å². The molecule has 54 valence electrons. The zero-order valence-electron chi connectivity index (χ0n) is 6.11. The zero-order chi connectivity index (χ0) is 6.53. The highest BCUT2D eigenvalue weighted by Gasteiger charge is 2.07. The predicted molar refractivity (Wildman–Crippen MR) is 44.7 cm³/mol. The van der Waals surface area contributed by atoms with Crippen molar-refractivity contribution in [3.8, 4) is 0 Å². The summed E-state index contributed by atoms with van der Waals surface area (Å²) in [6.07, 6.45) is 4.29. The largest absolute Gasteiger partial charge is 0.316 e. The molecule has 1 fully saturated rings. The minimum Gasteiger partial charge on any atom is -0.316 e. The van der Waals surface area contributed by atoms with Crippen LogP contribution in [0.25, 0.3) is 0 Å². The van der Waals surface area contributed by atoms with Gasteiger partial charge in [0.05, 0.1) is 0 Å². The normalized spacial score (nSPS) is 31.0. The Labute approximate surface area is 59.4 Å². The summed E-state index contributed by atoms with van der Waals surface area (Å²) < 4.78 is 0. The number of nitrogens with one attached hydrogen (secondary N) is 1. The van der Waals surface area contributed by atoms with E-state index in [1.807, 2.05) is 0 Å². The highest BCUT2D eigenvalue weighted by atomic mass is 31.1. The van der Waals surface area contributed by atoms with Gasteiger partial charge in [-0.1, -0.05) is 6.42 Å². The van der Waals surface area contributed by atoms with E-state index in [4.69, 9.17) is 0 Å². The number of hydrogen-bond donors (Lipinski definition) is 1. The van der Waals surface area contributed by atoms with Gasteiger partial charge in [-0.15, -0.1) is 8.58 Å². The van der Waals surface area contributed by atoms with E-state index in [1.165, 1.54) is 32.4 Å². The van der Waals surface area contributed by atoms with Gasteiger partial charge in [0.25, 0.3) is 0 Å². The van der Waals surface area contributed by atoms with Crippen LogP contribution in [-0.2, 0) is 0 Å². The van der Waals surface area contributed by atoms with Crippen LogP contribution in [0.2, 0.25) is 0 Å². The van der Waals surface area contributed by atoms with Crippen LogP contribution < -0.4 is 5.32 Å². The third-order valence-electron chi connectivity index (χ3n) is 1.96. The first-order chi connectivity index (χ1) is 4.43. The van der Waals surface area contributed by atoms with Crippen LogP contribution in [0.1, 0.15) is 19.3 Å². The van der Waals surface area contributed by atoms with E-state index in [9.17, 15) is 0 Å². The van der Waals surface area contributed by atoms with Crippen LogP contribution in [0.15, 0.2) is 0 Å². The van der Waals surface area contributed by atoms with Gasteiger partial charge < -0.3 is 5.32 Å². The molecule has 1 aliphatic heterocycles. The van der Waals surface area contributed by atoms with Crippen molar-refractivity contribution in [1.82, 2.24) is 5.32 Å². The Balaban J connectivity index is 2.18. The van der Waals surface area contributed by atoms with Crippen molar-refractivity contribution in [1.29, 1.82) is 0 Å². The molecule has 0 spiro atoms. The minimum atomic E-state index is 0.993. The van der Waals surface area contributed by atoms with Crippen LogP contribution in [0.4, 0.5) is 0 Å². The molecule has 0 aromatic carbocycles. The van der Waals surface area contributed by atoms with Gasteiger partial charge in [0.2, 0.25) is 0 Å². The number of hydrogen-bond acceptors (Lipinski definition) is 1. The van der Waals surface area contributed by atoms with Gasteiger partial charge in [0, 0.05) is 6.54 Å². The summed E-state index contributed by atoms with van der Waals surface area (Å²) in [7, 11) is 1.14. The van der Waals surface area contributed by atoms with Gasteiger partial charge in [0.15, 0.2) is 0 Å². The predicted octanol–water partition coefficient (Wildman–Crippen LogP) is 1.44. The van der Waals surface area contributed by atoms with Crippen molar-refractivity contribution in [3.05, 3.63) is 0 Å². The Hall–Kier alpha value is 0.390. The average Bonchev–Trinajstić information content (AvgIpc) is 2.13. The molecule has 0 aliphatic carbocycles. The average molecular weight is 145 g/mol. The molecule has 0 bridgehead atoms. The first-order valence-electron chi connectivity index (χ1n) is 3.81. The molecule has 2 atom stereocenters. The third-order valence-corrected chi connectivity index (χ3v) is 3.26. The lowest BCUT2D eigenvalue weighted by molar-refractivity contribution is 0.706. The van der Waals surface area contributed by atoms with E-state index < -0.39 is 0 Å². The maximum Gasteiger partial charge on any atom is 0.00165 e. The smallest absolute Gasteiger partial charge is 0.00165 e. The van der Waals surface area contributed by atoms with E-state index in [0.717, 1.165) is 14.2 Å². The molecule has 2 unspecified atom stereocenters. The molecule has 0 radical (unpaired) electrons. The van der Waals surface area contributed by atoms with Gasteiger partial charge in [0.1, 0.15) is 0 Å². The van der Waals surface area contributed by atoms with Gasteiger partial charge in [-0.25, -0.2) is 0 Å². The third kappa shape index (κ3) is 2.64. The van der Waals surface area contributed by atoms with Crippen molar-refractivity contribution in [2.75, 3.05) is 19.8 Å². The highest BCUT2D eigenvalue weighted by molar-refractivity contribution is 7.37. The SMILES string of the molecule is CPC1CCCCNC1. The Kier molecular flexibility index (Phi) is 3.54. The molecule has 9 heavy (non-hydrogen) atoms. The van der Waals surface area contributed by atoms with Gasteiger partial charge in [-0.3, -0.25) is 0 Å². The van der Waals surface area contributed by atoms with Crippen LogP contribution >= 0.6 is 8.58 Å². The van der Waals surface area contributed by atoms with E-state index >= 15 is 0 Å². The summed E-state index contributed by atoms with van der Waals surface area (Å²) >= 11 is 0. The van der Waals surface area contributed by atoms with Gasteiger partial charge >= 0.3 is 0 Å². The second-order valence-corrected chi connectivity index (χ2v) is 4.08. The first kappa shape index (κ1) is 7.50. The Morgan fingerprint density at radius 2 is 2.33 bits per heavy atom. The molecular formula is C7H16NP. The van der Waals surface area contributed by atoms with Gasteiger partial charge in [-0.2, -0.15) is 0 Å². The fourth-order valence-corrected chi connectivity index (χ4v) is 2.11. The van der Waals surface area contributed by atoms with Crippen LogP contribution in [0.3, 0.4) is 0 Å². The summed E-state index contributed by atoms with van der Waals surface area (Å²) in [6, 6.07) is 0. The standard InChI is InChI=1S/C7H16NP/c1-9-7-4-2-3-5-8-6-7/h7-9H,2-6H2,1H3. The monoisotopic (exact) mass is 145 g/mol. The first-order valence-corrected chi connectivity index (χ1v) is 5.39. The summed E-state index contributed by atoms with van der Waals surface area (Å²) in [5.41, 5.74) is 0.993. The van der Waals surface area contributed by atoms with Crippen LogP contribution in [-0.4, -0.2) is 25.4 Å². The quantitative estimate of drug-likeness (QED) is 0.550. The summed E-state index contributed by atoms with van der Waals surface area (Å²) in [6.45, 7) is 4.84. The van der Waals surface area contributed by atoms with Crippen molar-refractivity contribution in [3.63, 3.8) is 0 Å². The van der Waals surface area contributed by atoms with Crippen molar-refractivity contribution in [2.24, 2.45) is 0 Å². The summed E-state index contributed by atoms with van der Waals surface area (Å²) in [4.78, 5) is 0. The number of rotatable bonds is 1. The minimum absolute atomic E-state index is 0.993. The molecule has 1 N–H and O–H groups in total. The molecule has 0 amide bonds. The fraction of sp³-hybridized carbons (Fsp3) is 1.00. The van der Waals surface area contributed by atoms with E-state index in [2.05, 4.69) is 12.0 Å². The molecule has 1 saturated heterocycles. The lowest BCUT2D eigenvalue weighted by atomic mass is 10.2. The lowest BCUT2D eigenvalue weighted by Crippen LogP contribution is -2.21. The zero-order valence-corrected chi connectivity index (χ0v) is 7.11. The van der Waals surface area contributed by atoms with E-state index in [-0.39, 0.29) is 0 Å². The summed E-state index contributed by atoms with van der Waals surface area (Å²) in [5.74, 6) is 0. The maximum atomic E-state index is 3.46. The second-order valence-electron chi connectivity index (χ2n) is 2.69. The van der Waals surface area contributed by atoms with E-state index in [1.54, 1.807) is 0 Å². The van der Waals surface area contributed by atoms with Crippen molar-refractivity contribution < 1.29 is 0 Å². The molecule has 1 heterocycles. The van der Waals surface area contributed by atoms with Crippen LogP contribution in [0.5, 0.6) is 0 Å². The molecule has 0 saturated carbocycles. The Bertz CT molecular complexity index is 67.3. The highest BCUT2D eigenvalue weighted by Crippen LogP contribution is 2.20. The molecule has 1 rings (SSSR count). The Morgan fingerprint density at radius 3 is 3.11 bits per heavy atom. The fourth-order valence-electron chi connectivity index (χ4n) is 1.27. The molecule has 0 aromatic rings. The molecule has 0 aromatic heterocycles. The second kappa shape index (κ2) is 4.24.